The predicted molar refractivity (Wildman–Crippen MR) is 78.5 cm³/mol. The van der Waals surface area contributed by atoms with Crippen molar-refractivity contribution in [3.63, 3.8) is 0 Å². The van der Waals surface area contributed by atoms with E-state index in [4.69, 9.17) is 9.84 Å². The van der Waals surface area contributed by atoms with E-state index in [9.17, 15) is 9.59 Å². The lowest BCUT2D eigenvalue weighted by Crippen LogP contribution is -2.23. The maximum atomic E-state index is 11.6. The average molecular weight is 283 g/mol. The highest BCUT2D eigenvalue weighted by Crippen LogP contribution is 2.02. The van der Waals surface area contributed by atoms with Crippen molar-refractivity contribution in [1.29, 1.82) is 0 Å². The fraction of sp³-hybridized carbons (Fsp3) is 0.600. The van der Waals surface area contributed by atoms with Crippen LogP contribution in [0.1, 0.15) is 34.1 Å². The van der Waals surface area contributed by atoms with Gasteiger partial charge in [-0.15, -0.1) is 0 Å². The standard InChI is InChI=1S/C15H25NO4/c1-5-16(6-2)10-7-8-13(4)15(19)20-11-9-12(3)14(17)18/h8-9H,5-7,10-11H2,1-4H3,(H,17,18). The second-order valence-electron chi connectivity index (χ2n) is 4.49. The van der Waals surface area contributed by atoms with Gasteiger partial charge in [-0.2, -0.15) is 0 Å². The molecule has 0 unspecified atom stereocenters. The highest BCUT2D eigenvalue weighted by molar-refractivity contribution is 5.88. The molecule has 20 heavy (non-hydrogen) atoms. The SMILES string of the molecule is CCN(CC)CCC=C(C)C(=O)OCC=C(C)C(=O)O. The highest BCUT2D eigenvalue weighted by Gasteiger charge is 2.06. The third-order valence-electron chi connectivity index (χ3n) is 3.05. The minimum absolute atomic E-state index is 0.0157. The van der Waals surface area contributed by atoms with E-state index in [2.05, 4.69) is 18.7 Å². The summed E-state index contributed by atoms with van der Waals surface area (Å²) in [5, 5.41) is 8.65. The molecule has 0 amide bonds. The lowest BCUT2D eigenvalue weighted by atomic mass is 10.2. The quantitative estimate of drug-likeness (QED) is 0.519. The Bertz CT molecular complexity index is 381. The first kappa shape index (κ1) is 18.4. The van der Waals surface area contributed by atoms with Gasteiger partial charge in [0.15, 0.2) is 0 Å². The fourth-order valence-electron chi connectivity index (χ4n) is 1.53. The van der Waals surface area contributed by atoms with Crippen molar-refractivity contribution in [3.05, 3.63) is 23.3 Å². The smallest absolute Gasteiger partial charge is 0.333 e. The summed E-state index contributed by atoms with van der Waals surface area (Å²) in [6.45, 7) is 10.3. The van der Waals surface area contributed by atoms with Gasteiger partial charge in [0, 0.05) is 17.7 Å². The van der Waals surface area contributed by atoms with Crippen molar-refractivity contribution in [2.75, 3.05) is 26.2 Å². The van der Waals surface area contributed by atoms with Gasteiger partial charge in [0.05, 0.1) is 0 Å². The molecule has 114 valence electrons. The van der Waals surface area contributed by atoms with Crippen molar-refractivity contribution in [2.45, 2.75) is 34.1 Å². The number of carboxylic acids is 1. The molecule has 0 heterocycles. The third-order valence-corrected chi connectivity index (χ3v) is 3.05. The van der Waals surface area contributed by atoms with Crippen LogP contribution in [0, 0.1) is 0 Å². The third kappa shape index (κ3) is 7.74. The lowest BCUT2D eigenvalue weighted by molar-refractivity contribution is -0.138. The van der Waals surface area contributed by atoms with Gasteiger partial charge in [0.1, 0.15) is 6.61 Å². The molecule has 1 N–H and O–H groups in total. The number of hydrogen-bond acceptors (Lipinski definition) is 4. The largest absolute Gasteiger partial charge is 0.478 e. The number of carbonyl (C=O) groups excluding carboxylic acids is 1. The van der Waals surface area contributed by atoms with Gasteiger partial charge in [0.25, 0.3) is 0 Å². The van der Waals surface area contributed by atoms with E-state index in [0.717, 1.165) is 26.1 Å². The van der Waals surface area contributed by atoms with Crippen molar-refractivity contribution in [1.82, 2.24) is 4.90 Å². The Morgan fingerprint density at radius 2 is 1.70 bits per heavy atom. The topological polar surface area (TPSA) is 66.8 Å². The lowest BCUT2D eigenvalue weighted by Gasteiger charge is -2.16. The Morgan fingerprint density at radius 1 is 1.10 bits per heavy atom. The van der Waals surface area contributed by atoms with Crippen LogP contribution in [0.4, 0.5) is 0 Å². The number of rotatable bonds is 9. The van der Waals surface area contributed by atoms with Gasteiger partial charge in [-0.05, 0) is 39.4 Å². The summed E-state index contributed by atoms with van der Waals surface area (Å²) < 4.78 is 4.97. The van der Waals surface area contributed by atoms with E-state index >= 15 is 0 Å². The molecule has 0 saturated carbocycles. The molecule has 0 radical (unpaired) electrons. The van der Waals surface area contributed by atoms with Crippen molar-refractivity contribution < 1.29 is 19.4 Å². The molecule has 0 aliphatic carbocycles. The molecule has 0 aromatic carbocycles. The van der Waals surface area contributed by atoms with Crippen LogP contribution in [-0.2, 0) is 14.3 Å². The van der Waals surface area contributed by atoms with Crippen molar-refractivity contribution >= 4 is 11.9 Å². The molecule has 0 fully saturated rings. The van der Waals surface area contributed by atoms with Gasteiger partial charge in [-0.3, -0.25) is 0 Å². The molecular weight excluding hydrogens is 258 g/mol. The molecular formula is C15H25NO4. The molecule has 0 bridgehead atoms. The number of aliphatic carboxylic acids is 1. The van der Waals surface area contributed by atoms with Crippen molar-refractivity contribution in [2.24, 2.45) is 0 Å². The Labute approximate surface area is 120 Å². The molecule has 0 aromatic rings. The van der Waals surface area contributed by atoms with Crippen LogP contribution in [-0.4, -0.2) is 48.2 Å². The van der Waals surface area contributed by atoms with E-state index in [1.807, 2.05) is 6.08 Å². The van der Waals surface area contributed by atoms with Crippen LogP contribution in [0.15, 0.2) is 23.3 Å². The summed E-state index contributed by atoms with van der Waals surface area (Å²) in [7, 11) is 0. The number of carbonyl (C=O) groups is 2. The van der Waals surface area contributed by atoms with E-state index in [-0.39, 0.29) is 12.2 Å². The Hall–Kier alpha value is -1.62. The first-order chi connectivity index (χ1) is 9.42. The first-order valence-electron chi connectivity index (χ1n) is 6.88. The average Bonchev–Trinajstić information content (AvgIpc) is 2.42. The summed E-state index contributed by atoms with van der Waals surface area (Å²) in [6.07, 6.45) is 4.03. The normalized spacial score (nSPS) is 12.7. The summed E-state index contributed by atoms with van der Waals surface area (Å²) in [5.41, 5.74) is 0.722. The van der Waals surface area contributed by atoms with E-state index in [1.54, 1.807) is 6.92 Å². The van der Waals surface area contributed by atoms with Gasteiger partial charge in [-0.1, -0.05) is 19.9 Å². The second kappa shape index (κ2) is 10.2. The van der Waals surface area contributed by atoms with Crippen LogP contribution >= 0.6 is 0 Å². The molecule has 0 aliphatic rings. The summed E-state index contributed by atoms with van der Waals surface area (Å²) in [4.78, 5) is 24.4. The van der Waals surface area contributed by atoms with Crippen LogP contribution in [0.5, 0.6) is 0 Å². The number of nitrogens with zero attached hydrogens (tertiary/aromatic N) is 1. The van der Waals surface area contributed by atoms with Gasteiger partial charge < -0.3 is 14.7 Å². The minimum Gasteiger partial charge on any atom is -0.478 e. The number of carboxylic acid groups (broad SMARTS) is 1. The monoisotopic (exact) mass is 283 g/mol. The molecule has 0 spiro atoms. The van der Waals surface area contributed by atoms with Gasteiger partial charge in [-0.25, -0.2) is 9.59 Å². The van der Waals surface area contributed by atoms with Gasteiger partial charge >= 0.3 is 11.9 Å². The van der Waals surface area contributed by atoms with Crippen LogP contribution in [0.25, 0.3) is 0 Å². The van der Waals surface area contributed by atoms with Gasteiger partial charge in [0.2, 0.25) is 0 Å². The Morgan fingerprint density at radius 3 is 2.20 bits per heavy atom. The fourth-order valence-corrected chi connectivity index (χ4v) is 1.53. The molecule has 0 aromatic heterocycles. The summed E-state index contributed by atoms with van der Waals surface area (Å²) in [5.74, 6) is -1.41. The molecule has 0 aliphatic heterocycles. The van der Waals surface area contributed by atoms with E-state index in [1.165, 1.54) is 13.0 Å². The summed E-state index contributed by atoms with van der Waals surface area (Å²) >= 11 is 0. The zero-order valence-electron chi connectivity index (χ0n) is 12.8. The molecule has 0 rings (SSSR count). The maximum Gasteiger partial charge on any atom is 0.333 e. The molecule has 5 heteroatoms. The molecule has 0 saturated heterocycles. The number of ether oxygens (including phenoxy) is 1. The summed E-state index contributed by atoms with van der Waals surface area (Å²) in [6, 6.07) is 0. The zero-order valence-corrected chi connectivity index (χ0v) is 12.8. The Kier molecular flexibility index (Phi) is 9.38. The van der Waals surface area contributed by atoms with Crippen LogP contribution in [0.2, 0.25) is 0 Å². The maximum absolute atomic E-state index is 11.6. The number of hydrogen-bond donors (Lipinski definition) is 1. The van der Waals surface area contributed by atoms with Crippen LogP contribution < -0.4 is 0 Å². The number of esters is 1. The first-order valence-corrected chi connectivity index (χ1v) is 6.88. The van der Waals surface area contributed by atoms with Crippen molar-refractivity contribution in [3.8, 4) is 0 Å². The second-order valence-corrected chi connectivity index (χ2v) is 4.49. The zero-order chi connectivity index (χ0) is 15.5. The highest BCUT2D eigenvalue weighted by atomic mass is 16.5. The predicted octanol–water partition coefficient (Wildman–Crippen LogP) is 2.24. The van der Waals surface area contributed by atoms with E-state index in [0.29, 0.717) is 5.57 Å². The van der Waals surface area contributed by atoms with Crippen LogP contribution in [0.3, 0.4) is 0 Å². The minimum atomic E-state index is -1.01. The molecule has 0 atom stereocenters. The van der Waals surface area contributed by atoms with E-state index < -0.39 is 11.9 Å². The molecule has 5 nitrogen and oxygen atoms in total. The Balaban J connectivity index is 4.14.